The third-order valence-corrected chi connectivity index (χ3v) is 4.79. The SMILES string of the molecule is CCOc1cc(-n2ncc(C(=O)N3CCc4ccccc4C3)c2C)ncn1. The van der Waals surface area contributed by atoms with Gasteiger partial charge in [0.05, 0.1) is 24.1 Å². The molecule has 0 unspecified atom stereocenters. The standard InChI is InChI=1S/C20H21N5O2/c1-3-27-19-10-18(21-13-22-19)25-14(2)17(11-23-25)20(26)24-9-8-15-6-4-5-7-16(15)12-24/h4-7,10-11,13H,3,8-9,12H2,1-2H3. The van der Waals surface area contributed by atoms with Crippen molar-refractivity contribution in [3.63, 3.8) is 0 Å². The second-order valence-corrected chi connectivity index (χ2v) is 6.45. The number of nitrogens with zero attached hydrogens (tertiary/aromatic N) is 5. The number of fused-ring (bicyclic) bond motifs is 1. The number of carbonyl (C=O) groups is 1. The van der Waals surface area contributed by atoms with Crippen molar-refractivity contribution in [2.45, 2.75) is 26.8 Å². The molecule has 0 saturated heterocycles. The van der Waals surface area contributed by atoms with Crippen LogP contribution in [0.3, 0.4) is 0 Å². The van der Waals surface area contributed by atoms with Crippen LogP contribution >= 0.6 is 0 Å². The van der Waals surface area contributed by atoms with Gasteiger partial charge in [0.25, 0.3) is 5.91 Å². The zero-order chi connectivity index (χ0) is 18.8. The Kier molecular flexibility index (Phi) is 4.58. The van der Waals surface area contributed by atoms with Crippen molar-refractivity contribution < 1.29 is 9.53 Å². The molecule has 1 aliphatic heterocycles. The van der Waals surface area contributed by atoms with E-state index in [0.717, 1.165) is 12.1 Å². The molecule has 3 heterocycles. The first-order valence-corrected chi connectivity index (χ1v) is 9.03. The number of hydrogen-bond acceptors (Lipinski definition) is 5. The van der Waals surface area contributed by atoms with Crippen LogP contribution in [0.25, 0.3) is 5.82 Å². The largest absolute Gasteiger partial charge is 0.478 e. The van der Waals surface area contributed by atoms with Crippen LogP contribution in [0, 0.1) is 6.92 Å². The van der Waals surface area contributed by atoms with Crippen molar-refractivity contribution in [1.29, 1.82) is 0 Å². The summed E-state index contributed by atoms with van der Waals surface area (Å²) in [6, 6.07) is 9.99. The molecule has 3 aromatic rings. The summed E-state index contributed by atoms with van der Waals surface area (Å²) in [5.41, 5.74) is 3.86. The van der Waals surface area contributed by atoms with Crippen LogP contribution in [0.5, 0.6) is 5.88 Å². The average Bonchev–Trinajstić information content (AvgIpc) is 3.09. The van der Waals surface area contributed by atoms with Crippen LogP contribution in [-0.2, 0) is 13.0 Å². The quantitative estimate of drug-likeness (QED) is 0.712. The lowest BCUT2D eigenvalue weighted by molar-refractivity contribution is 0.0734. The van der Waals surface area contributed by atoms with Gasteiger partial charge in [0.1, 0.15) is 6.33 Å². The summed E-state index contributed by atoms with van der Waals surface area (Å²) in [6.45, 7) is 5.63. The first kappa shape index (κ1) is 17.2. The molecule has 7 heteroatoms. The average molecular weight is 363 g/mol. The minimum atomic E-state index is -0.00709. The van der Waals surface area contributed by atoms with Gasteiger partial charge in [0.2, 0.25) is 5.88 Å². The van der Waals surface area contributed by atoms with E-state index in [1.54, 1.807) is 16.9 Å². The van der Waals surface area contributed by atoms with Gasteiger partial charge in [0.15, 0.2) is 5.82 Å². The molecule has 0 radical (unpaired) electrons. The fourth-order valence-electron chi connectivity index (χ4n) is 3.36. The van der Waals surface area contributed by atoms with Gasteiger partial charge in [-0.25, -0.2) is 14.6 Å². The number of amides is 1. The van der Waals surface area contributed by atoms with Gasteiger partial charge >= 0.3 is 0 Å². The Hall–Kier alpha value is -3.22. The fourth-order valence-corrected chi connectivity index (χ4v) is 3.36. The first-order valence-electron chi connectivity index (χ1n) is 9.03. The Morgan fingerprint density at radius 1 is 1.22 bits per heavy atom. The number of benzene rings is 1. The molecule has 0 N–H and O–H groups in total. The third-order valence-electron chi connectivity index (χ3n) is 4.79. The molecule has 1 aliphatic rings. The Morgan fingerprint density at radius 2 is 2.04 bits per heavy atom. The maximum absolute atomic E-state index is 13.1. The van der Waals surface area contributed by atoms with E-state index in [4.69, 9.17) is 4.74 Å². The van der Waals surface area contributed by atoms with Crippen LogP contribution in [0.15, 0.2) is 42.9 Å². The highest BCUT2D eigenvalue weighted by molar-refractivity contribution is 5.95. The van der Waals surface area contributed by atoms with E-state index in [0.29, 0.717) is 37.0 Å². The highest BCUT2D eigenvalue weighted by Crippen LogP contribution is 2.22. The highest BCUT2D eigenvalue weighted by atomic mass is 16.5. The van der Waals surface area contributed by atoms with Crippen molar-refractivity contribution in [3.8, 4) is 11.7 Å². The van der Waals surface area contributed by atoms with Crippen molar-refractivity contribution in [2.75, 3.05) is 13.2 Å². The maximum Gasteiger partial charge on any atom is 0.257 e. The van der Waals surface area contributed by atoms with E-state index in [2.05, 4.69) is 27.2 Å². The molecule has 0 saturated carbocycles. The minimum Gasteiger partial charge on any atom is -0.478 e. The van der Waals surface area contributed by atoms with Gasteiger partial charge in [-0.05, 0) is 31.4 Å². The van der Waals surface area contributed by atoms with E-state index >= 15 is 0 Å². The van der Waals surface area contributed by atoms with Gasteiger partial charge in [-0.1, -0.05) is 24.3 Å². The smallest absolute Gasteiger partial charge is 0.257 e. The Labute approximate surface area is 157 Å². The number of carbonyl (C=O) groups excluding carboxylic acids is 1. The van der Waals surface area contributed by atoms with Crippen LogP contribution in [0.1, 0.15) is 34.1 Å². The van der Waals surface area contributed by atoms with E-state index in [9.17, 15) is 4.79 Å². The topological polar surface area (TPSA) is 73.1 Å². The van der Waals surface area contributed by atoms with Crippen LogP contribution in [0.4, 0.5) is 0 Å². The molecule has 7 nitrogen and oxygen atoms in total. The zero-order valence-electron chi connectivity index (χ0n) is 15.4. The minimum absolute atomic E-state index is 0.00709. The lowest BCUT2D eigenvalue weighted by atomic mass is 9.99. The lowest BCUT2D eigenvalue weighted by Gasteiger charge is -2.28. The van der Waals surface area contributed by atoms with Gasteiger partial charge in [0, 0.05) is 19.2 Å². The molecule has 27 heavy (non-hydrogen) atoms. The Morgan fingerprint density at radius 3 is 2.85 bits per heavy atom. The summed E-state index contributed by atoms with van der Waals surface area (Å²) < 4.78 is 7.07. The molecule has 4 rings (SSSR count). The summed E-state index contributed by atoms with van der Waals surface area (Å²) >= 11 is 0. The third kappa shape index (κ3) is 3.28. The van der Waals surface area contributed by atoms with Gasteiger partial charge in [-0.3, -0.25) is 4.79 Å². The first-order chi connectivity index (χ1) is 13.2. The van der Waals surface area contributed by atoms with E-state index in [-0.39, 0.29) is 5.91 Å². The fraction of sp³-hybridized carbons (Fsp3) is 0.300. The van der Waals surface area contributed by atoms with Crippen LogP contribution in [-0.4, -0.2) is 43.7 Å². The summed E-state index contributed by atoms with van der Waals surface area (Å²) in [5.74, 6) is 1.05. The van der Waals surface area contributed by atoms with E-state index < -0.39 is 0 Å². The zero-order valence-corrected chi connectivity index (χ0v) is 15.4. The van der Waals surface area contributed by atoms with Crippen molar-refractivity contribution in [3.05, 3.63) is 65.2 Å². The molecule has 0 atom stereocenters. The predicted molar refractivity (Wildman–Crippen MR) is 99.9 cm³/mol. The molecule has 0 aliphatic carbocycles. The molecular weight excluding hydrogens is 342 g/mol. The molecule has 1 amide bonds. The Balaban J connectivity index is 1.59. The molecule has 0 spiro atoms. The summed E-state index contributed by atoms with van der Waals surface area (Å²) in [5, 5.41) is 4.37. The van der Waals surface area contributed by atoms with Crippen molar-refractivity contribution in [1.82, 2.24) is 24.6 Å². The predicted octanol–water partition coefficient (Wildman–Crippen LogP) is 2.57. The van der Waals surface area contributed by atoms with Crippen molar-refractivity contribution >= 4 is 5.91 Å². The maximum atomic E-state index is 13.1. The molecular formula is C20H21N5O2. The number of rotatable bonds is 4. The monoisotopic (exact) mass is 363 g/mol. The van der Waals surface area contributed by atoms with Gasteiger partial charge < -0.3 is 9.64 Å². The number of hydrogen-bond donors (Lipinski definition) is 0. The Bertz CT molecular complexity index is 982. The van der Waals surface area contributed by atoms with Crippen LogP contribution in [0.2, 0.25) is 0 Å². The number of ether oxygens (including phenoxy) is 1. The highest BCUT2D eigenvalue weighted by Gasteiger charge is 2.25. The molecule has 0 bridgehead atoms. The van der Waals surface area contributed by atoms with Gasteiger partial charge in [-0.15, -0.1) is 0 Å². The van der Waals surface area contributed by atoms with E-state index in [1.165, 1.54) is 17.5 Å². The second kappa shape index (κ2) is 7.19. The second-order valence-electron chi connectivity index (χ2n) is 6.45. The molecule has 0 fully saturated rings. The molecule has 138 valence electrons. The van der Waals surface area contributed by atoms with Crippen LogP contribution < -0.4 is 4.74 Å². The van der Waals surface area contributed by atoms with E-state index in [1.807, 2.05) is 30.9 Å². The van der Waals surface area contributed by atoms with Crippen molar-refractivity contribution in [2.24, 2.45) is 0 Å². The number of aromatic nitrogens is 4. The van der Waals surface area contributed by atoms with Gasteiger partial charge in [-0.2, -0.15) is 5.10 Å². The summed E-state index contributed by atoms with van der Waals surface area (Å²) in [7, 11) is 0. The summed E-state index contributed by atoms with van der Waals surface area (Å²) in [6.07, 6.45) is 3.92. The summed E-state index contributed by atoms with van der Waals surface area (Å²) in [4.78, 5) is 23.3. The molecule has 2 aromatic heterocycles. The molecule has 1 aromatic carbocycles. The lowest BCUT2D eigenvalue weighted by Crippen LogP contribution is -2.36. The normalized spacial score (nSPS) is 13.3.